The Hall–Kier alpha value is -4.19. The Morgan fingerprint density at radius 2 is 1.68 bits per heavy atom. The molecule has 0 bridgehead atoms. The molecule has 3 aromatic carbocycles. The minimum atomic E-state index is -0.256. The molecule has 1 amide bonds. The van der Waals surface area contributed by atoms with E-state index in [9.17, 15) is 4.79 Å². The summed E-state index contributed by atoms with van der Waals surface area (Å²) in [4.78, 5) is 12.4. The Kier molecular flexibility index (Phi) is 5.89. The van der Waals surface area contributed by atoms with Crippen LogP contribution in [-0.4, -0.2) is 23.2 Å². The van der Waals surface area contributed by atoms with Gasteiger partial charge in [-0.15, -0.1) is 10.2 Å². The lowest BCUT2D eigenvalue weighted by Crippen LogP contribution is -2.07. The molecule has 154 valence electrons. The molecule has 1 heterocycles. The Bertz CT molecular complexity index is 1230. The van der Waals surface area contributed by atoms with Gasteiger partial charge in [0.25, 0.3) is 0 Å². The molecule has 0 unspecified atom stereocenters. The number of nitrogens with one attached hydrogen (secondary N) is 1. The van der Waals surface area contributed by atoms with Gasteiger partial charge in [-0.05, 0) is 49.4 Å². The predicted octanol–water partition coefficient (Wildman–Crippen LogP) is 5.37. The van der Waals surface area contributed by atoms with Gasteiger partial charge < -0.3 is 14.5 Å². The molecule has 6 heteroatoms. The van der Waals surface area contributed by atoms with Crippen molar-refractivity contribution in [3.63, 3.8) is 0 Å². The van der Waals surface area contributed by atoms with Crippen molar-refractivity contribution in [1.82, 2.24) is 10.2 Å². The van der Waals surface area contributed by atoms with Gasteiger partial charge in [0.2, 0.25) is 17.7 Å². The van der Waals surface area contributed by atoms with Crippen molar-refractivity contribution in [3.05, 3.63) is 90.0 Å². The number of ether oxygens (including phenoxy) is 1. The predicted molar refractivity (Wildman–Crippen MR) is 121 cm³/mol. The third-order valence-electron chi connectivity index (χ3n) is 4.65. The summed E-state index contributed by atoms with van der Waals surface area (Å²) in [5.74, 6) is 1.28. The maximum atomic E-state index is 12.4. The van der Waals surface area contributed by atoms with Gasteiger partial charge in [-0.1, -0.05) is 42.0 Å². The van der Waals surface area contributed by atoms with Crippen molar-refractivity contribution < 1.29 is 13.9 Å². The number of rotatable bonds is 6. The van der Waals surface area contributed by atoms with Crippen LogP contribution in [0.1, 0.15) is 11.1 Å². The fourth-order valence-corrected chi connectivity index (χ4v) is 3.04. The minimum Gasteiger partial charge on any atom is -0.496 e. The summed E-state index contributed by atoms with van der Waals surface area (Å²) in [5.41, 5.74) is 4.19. The van der Waals surface area contributed by atoms with E-state index in [2.05, 4.69) is 15.5 Å². The van der Waals surface area contributed by atoms with Gasteiger partial charge in [-0.2, -0.15) is 0 Å². The van der Waals surface area contributed by atoms with E-state index in [4.69, 9.17) is 9.15 Å². The Balaban J connectivity index is 1.48. The molecule has 1 N–H and O–H groups in total. The van der Waals surface area contributed by atoms with Gasteiger partial charge in [0.1, 0.15) is 5.75 Å². The van der Waals surface area contributed by atoms with Crippen LogP contribution in [0.4, 0.5) is 5.69 Å². The lowest BCUT2D eigenvalue weighted by Gasteiger charge is -2.05. The Labute approximate surface area is 180 Å². The maximum Gasteiger partial charge on any atom is 0.248 e. The summed E-state index contributed by atoms with van der Waals surface area (Å²) in [5, 5.41) is 11.1. The Morgan fingerprint density at radius 3 is 2.45 bits per heavy atom. The monoisotopic (exact) mass is 411 g/mol. The van der Waals surface area contributed by atoms with Crippen LogP contribution in [0, 0.1) is 6.92 Å². The van der Waals surface area contributed by atoms with Crippen LogP contribution < -0.4 is 10.1 Å². The van der Waals surface area contributed by atoms with Crippen LogP contribution in [0.25, 0.3) is 29.0 Å². The number of methoxy groups -OCH3 is 1. The van der Waals surface area contributed by atoms with E-state index in [1.54, 1.807) is 25.3 Å². The molecule has 4 rings (SSSR count). The van der Waals surface area contributed by atoms with Crippen molar-refractivity contribution >= 4 is 17.7 Å². The molecule has 0 spiro atoms. The lowest BCUT2D eigenvalue weighted by atomic mass is 10.1. The molecule has 1 aromatic heterocycles. The van der Waals surface area contributed by atoms with Crippen LogP contribution in [-0.2, 0) is 4.79 Å². The average Bonchev–Trinajstić information content (AvgIpc) is 3.29. The molecule has 0 saturated heterocycles. The molecule has 31 heavy (non-hydrogen) atoms. The van der Waals surface area contributed by atoms with E-state index in [-0.39, 0.29) is 5.91 Å². The smallest absolute Gasteiger partial charge is 0.248 e. The molecule has 0 atom stereocenters. The first kappa shape index (κ1) is 20.1. The first-order chi connectivity index (χ1) is 15.1. The summed E-state index contributed by atoms with van der Waals surface area (Å²) in [6, 6.07) is 22.6. The normalized spacial score (nSPS) is 10.9. The first-order valence-electron chi connectivity index (χ1n) is 9.75. The fourth-order valence-electron chi connectivity index (χ4n) is 3.04. The van der Waals surface area contributed by atoms with E-state index < -0.39 is 0 Å². The van der Waals surface area contributed by atoms with Crippen molar-refractivity contribution in [2.75, 3.05) is 12.4 Å². The highest BCUT2D eigenvalue weighted by molar-refractivity contribution is 6.02. The zero-order chi connectivity index (χ0) is 21.6. The minimum absolute atomic E-state index is 0.256. The van der Waals surface area contributed by atoms with E-state index in [0.717, 1.165) is 22.3 Å². The van der Waals surface area contributed by atoms with Crippen LogP contribution in [0.5, 0.6) is 5.75 Å². The number of aromatic nitrogens is 2. The SMILES string of the molecule is COc1ccccc1/C=C/C(=O)Nc1cccc(-c2nnc(-c3ccc(C)cc3)o2)c1. The quantitative estimate of drug-likeness (QED) is 0.432. The number of aryl methyl sites for hydroxylation is 1. The topological polar surface area (TPSA) is 77.2 Å². The summed E-state index contributed by atoms with van der Waals surface area (Å²) in [7, 11) is 1.60. The van der Waals surface area contributed by atoms with Gasteiger partial charge >= 0.3 is 0 Å². The van der Waals surface area contributed by atoms with Crippen molar-refractivity contribution in [3.8, 4) is 28.7 Å². The second kappa shape index (κ2) is 9.09. The average molecular weight is 411 g/mol. The number of hydrogen-bond acceptors (Lipinski definition) is 5. The van der Waals surface area contributed by atoms with Crippen LogP contribution in [0.15, 0.2) is 83.3 Å². The standard InChI is InChI=1S/C25H21N3O3/c1-17-10-12-19(13-11-17)24-27-28-25(31-24)20-7-5-8-21(16-20)26-23(29)15-14-18-6-3-4-9-22(18)30-2/h3-16H,1-2H3,(H,26,29)/b15-14+. The molecule has 4 aromatic rings. The van der Waals surface area contributed by atoms with Crippen molar-refractivity contribution in [1.29, 1.82) is 0 Å². The highest BCUT2D eigenvalue weighted by Gasteiger charge is 2.11. The number of carbonyl (C=O) groups is 1. The van der Waals surface area contributed by atoms with Gasteiger partial charge in [-0.3, -0.25) is 4.79 Å². The van der Waals surface area contributed by atoms with Crippen LogP contribution in [0.3, 0.4) is 0 Å². The lowest BCUT2D eigenvalue weighted by molar-refractivity contribution is -0.111. The van der Waals surface area contributed by atoms with Crippen molar-refractivity contribution in [2.24, 2.45) is 0 Å². The summed E-state index contributed by atoms with van der Waals surface area (Å²) in [6.07, 6.45) is 3.18. The number of amides is 1. The fraction of sp³-hybridized carbons (Fsp3) is 0.0800. The van der Waals surface area contributed by atoms with Gasteiger partial charge in [-0.25, -0.2) is 0 Å². The molecule has 0 aliphatic heterocycles. The van der Waals surface area contributed by atoms with Crippen molar-refractivity contribution in [2.45, 2.75) is 6.92 Å². The number of benzene rings is 3. The van der Waals surface area contributed by atoms with E-state index in [0.29, 0.717) is 23.2 Å². The number of para-hydroxylation sites is 1. The van der Waals surface area contributed by atoms with Gasteiger partial charge in [0.15, 0.2) is 0 Å². The maximum absolute atomic E-state index is 12.4. The van der Waals surface area contributed by atoms with Gasteiger partial charge in [0, 0.05) is 28.5 Å². The molecule has 0 radical (unpaired) electrons. The second-order valence-corrected chi connectivity index (χ2v) is 6.92. The zero-order valence-electron chi connectivity index (χ0n) is 17.2. The first-order valence-corrected chi connectivity index (χ1v) is 9.75. The summed E-state index contributed by atoms with van der Waals surface area (Å²) >= 11 is 0. The molecule has 0 aliphatic carbocycles. The van der Waals surface area contributed by atoms with Crippen LogP contribution in [0.2, 0.25) is 0 Å². The van der Waals surface area contributed by atoms with Gasteiger partial charge in [0.05, 0.1) is 7.11 Å². The highest BCUT2D eigenvalue weighted by Crippen LogP contribution is 2.26. The summed E-state index contributed by atoms with van der Waals surface area (Å²) in [6.45, 7) is 2.02. The van der Waals surface area contributed by atoms with Crippen LogP contribution >= 0.6 is 0 Å². The summed E-state index contributed by atoms with van der Waals surface area (Å²) < 4.78 is 11.1. The molecular weight excluding hydrogens is 390 g/mol. The Morgan fingerprint density at radius 1 is 0.935 bits per heavy atom. The number of hydrogen-bond donors (Lipinski definition) is 1. The number of nitrogens with zero attached hydrogens (tertiary/aromatic N) is 2. The molecule has 0 aliphatic rings. The second-order valence-electron chi connectivity index (χ2n) is 6.92. The number of anilines is 1. The third kappa shape index (κ3) is 4.87. The third-order valence-corrected chi connectivity index (χ3v) is 4.65. The zero-order valence-corrected chi connectivity index (χ0v) is 17.2. The number of carbonyl (C=O) groups excluding carboxylic acids is 1. The largest absolute Gasteiger partial charge is 0.496 e. The highest BCUT2D eigenvalue weighted by atomic mass is 16.5. The molecule has 0 saturated carbocycles. The van der Waals surface area contributed by atoms with E-state index in [1.165, 1.54) is 6.08 Å². The molecule has 0 fully saturated rings. The van der Waals surface area contributed by atoms with E-state index in [1.807, 2.05) is 67.6 Å². The van der Waals surface area contributed by atoms with E-state index >= 15 is 0 Å². The molecular formula is C25H21N3O3. The molecule has 6 nitrogen and oxygen atoms in total.